The lowest BCUT2D eigenvalue weighted by atomic mass is 9.94. The van der Waals surface area contributed by atoms with E-state index >= 15 is 0 Å². The fraction of sp³-hybridized carbons (Fsp3) is 0.895. The predicted molar refractivity (Wildman–Crippen MR) is 96.7 cm³/mol. The van der Waals surface area contributed by atoms with Crippen LogP contribution in [0.15, 0.2) is 0 Å². The smallest absolute Gasteiger partial charge is 0.323 e. The number of urea groups is 1. The lowest BCUT2D eigenvalue weighted by Gasteiger charge is -2.29. The molecule has 0 aromatic carbocycles. The van der Waals surface area contributed by atoms with Gasteiger partial charge in [-0.1, -0.05) is 58.3 Å². The molecular weight excluding hydrogens is 302 g/mol. The van der Waals surface area contributed by atoms with Gasteiger partial charge in [-0.05, 0) is 39.3 Å². The Labute approximate surface area is 147 Å². The molecule has 0 aromatic heterocycles. The van der Waals surface area contributed by atoms with Crippen LogP contribution in [0, 0.1) is 0 Å². The zero-order valence-corrected chi connectivity index (χ0v) is 15.6. The zero-order valence-electron chi connectivity index (χ0n) is 15.6. The first kappa shape index (κ1) is 19.2. The maximum absolute atomic E-state index is 12.7. The molecule has 5 nitrogen and oxygen atoms in total. The molecule has 0 bridgehead atoms. The standard InChI is InChI=1S/C19H35N3O2/c1-3-4-5-6-7-8-10-13-19(2)17(23)22(18(24)20-19)16-21-14-11-9-12-15-21/h3-16H2,1-2H3,(H,20,24). The molecule has 2 fully saturated rings. The molecule has 0 saturated carbocycles. The van der Waals surface area contributed by atoms with E-state index in [1.165, 1.54) is 56.3 Å². The first-order valence-corrected chi connectivity index (χ1v) is 9.93. The Morgan fingerprint density at radius 2 is 1.58 bits per heavy atom. The van der Waals surface area contributed by atoms with Crippen molar-refractivity contribution < 1.29 is 9.59 Å². The van der Waals surface area contributed by atoms with Gasteiger partial charge in [0.2, 0.25) is 0 Å². The van der Waals surface area contributed by atoms with Crippen LogP contribution in [0.25, 0.3) is 0 Å². The predicted octanol–water partition coefficient (Wildman–Crippen LogP) is 3.88. The molecule has 1 unspecified atom stereocenters. The summed E-state index contributed by atoms with van der Waals surface area (Å²) in [4.78, 5) is 28.6. The van der Waals surface area contributed by atoms with Crippen molar-refractivity contribution in [3.63, 3.8) is 0 Å². The highest BCUT2D eigenvalue weighted by molar-refractivity contribution is 6.06. The second-order valence-electron chi connectivity index (χ2n) is 7.69. The number of hydrogen-bond acceptors (Lipinski definition) is 3. The molecule has 0 spiro atoms. The van der Waals surface area contributed by atoms with Crippen LogP contribution >= 0.6 is 0 Å². The number of carbonyl (C=O) groups excluding carboxylic acids is 2. The van der Waals surface area contributed by atoms with E-state index in [1.807, 2.05) is 6.92 Å². The third-order valence-corrected chi connectivity index (χ3v) is 5.42. The van der Waals surface area contributed by atoms with Crippen molar-refractivity contribution in [3.8, 4) is 0 Å². The first-order valence-electron chi connectivity index (χ1n) is 9.93. The quantitative estimate of drug-likeness (QED) is 0.486. The van der Waals surface area contributed by atoms with E-state index < -0.39 is 5.54 Å². The molecule has 24 heavy (non-hydrogen) atoms. The van der Waals surface area contributed by atoms with Crippen molar-refractivity contribution in [1.29, 1.82) is 0 Å². The van der Waals surface area contributed by atoms with Crippen LogP contribution in [-0.4, -0.2) is 47.0 Å². The van der Waals surface area contributed by atoms with Crippen LogP contribution in [0.1, 0.15) is 84.5 Å². The summed E-state index contributed by atoms with van der Waals surface area (Å²) in [5.41, 5.74) is -0.698. The van der Waals surface area contributed by atoms with Crippen molar-refractivity contribution in [2.24, 2.45) is 0 Å². The molecule has 3 amide bonds. The van der Waals surface area contributed by atoms with E-state index in [0.717, 1.165) is 32.4 Å². The molecular formula is C19H35N3O2. The fourth-order valence-electron chi connectivity index (χ4n) is 3.78. The number of nitrogens with one attached hydrogen (secondary N) is 1. The highest BCUT2D eigenvalue weighted by Gasteiger charge is 2.47. The second-order valence-corrected chi connectivity index (χ2v) is 7.69. The summed E-state index contributed by atoms with van der Waals surface area (Å²) in [6.07, 6.45) is 12.9. The molecule has 0 aliphatic carbocycles. The topological polar surface area (TPSA) is 52.7 Å². The van der Waals surface area contributed by atoms with Crippen molar-refractivity contribution >= 4 is 11.9 Å². The van der Waals surface area contributed by atoms with Crippen LogP contribution < -0.4 is 5.32 Å². The van der Waals surface area contributed by atoms with Gasteiger partial charge in [0.1, 0.15) is 5.54 Å². The monoisotopic (exact) mass is 337 g/mol. The SMILES string of the molecule is CCCCCCCCCC1(C)NC(=O)N(CN2CCCCC2)C1=O. The number of rotatable bonds is 10. The van der Waals surface area contributed by atoms with E-state index in [1.54, 1.807) is 0 Å². The summed E-state index contributed by atoms with van der Waals surface area (Å²) in [5, 5.41) is 2.94. The van der Waals surface area contributed by atoms with Crippen molar-refractivity contribution in [3.05, 3.63) is 0 Å². The van der Waals surface area contributed by atoms with Gasteiger partial charge < -0.3 is 5.32 Å². The Morgan fingerprint density at radius 3 is 2.25 bits per heavy atom. The van der Waals surface area contributed by atoms with Crippen molar-refractivity contribution in [1.82, 2.24) is 15.1 Å². The highest BCUT2D eigenvalue weighted by Crippen LogP contribution is 2.25. The summed E-state index contributed by atoms with van der Waals surface area (Å²) in [5.74, 6) is -0.0379. The largest absolute Gasteiger partial charge is 0.326 e. The van der Waals surface area contributed by atoms with Gasteiger partial charge in [0, 0.05) is 0 Å². The van der Waals surface area contributed by atoms with Crippen LogP contribution in [0.4, 0.5) is 4.79 Å². The van der Waals surface area contributed by atoms with Gasteiger partial charge in [-0.25, -0.2) is 9.69 Å². The van der Waals surface area contributed by atoms with Gasteiger partial charge in [-0.2, -0.15) is 0 Å². The van der Waals surface area contributed by atoms with Crippen LogP contribution in [-0.2, 0) is 4.79 Å². The number of carbonyl (C=O) groups is 2. The average molecular weight is 338 g/mol. The van der Waals surface area contributed by atoms with Gasteiger partial charge in [-0.15, -0.1) is 0 Å². The normalized spacial score (nSPS) is 25.3. The molecule has 138 valence electrons. The summed E-state index contributed by atoms with van der Waals surface area (Å²) in [7, 11) is 0. The molecule has 0 aromatic rings. The molecule has 2 aliphatic rings. The molecule has 1 atom stereocenters. The Bertz CT molecular complexity index is 421. The van der Waals surface area contributed by atoms with Gasteiger partial charge in [0.05, 0.1) is 6.67 Å². The number of imide groups is 1. The maximum atomic E-state index is 12.7. The second kappa shape index (κ2) is 9.40. The molecule has 1 N–H and O–H groups in total. The maximum Gasteiger partial charge on any atom is 0.326 e. The third-order valence-electron chi connectivity index (χ3n) is 5.42. The van der Waals surface area contributed by atoms with E-state index in [0.29, 0.717) is 6.67 Å². The summed E-state index contributed by atoms with van der Waals surface area (Å²) < 4.78 is 0. The van der Waals surface area contributed by atoms with E-state index in [4.69, 9.17) is 0 Å². The lowest BCUT2D eigenvalue weighted by molar-refractivity contribution is -0.132. The third kappa shape index (κ3) is 5.20. The van der Waals surface area contributed by atoms with Crippen LogP contribution in [0.5, 0.6) is 0 Å². The van der Waals surface area contributed by atoms with Gasteiger partial charge in [0.25, 0.3) is 5.91 Å². The number of unbranched alkanes of at least 4 members (excludes halogenated alkanes) is 6. The minimum absolute atomic E-state index is 0.0379. The summed E-state index contributed by atoms with van der Waals surface area (Å²) in [6.45, 7) is 6.56. The first-order chi connectivity index (χ1) is 11.6. The molecule has 2 aliphatic heterocycles. The van der Waals surface area contributed by atoms with Gasteiger partial charge in [0.15, 0.2) is 0 Å². The number of piperidine rings is 1. The fourth-order valence-corrected chi connectivity index (χ4v) is 3.78. The minimum Gasteiger partial charge on any atom is -0.323 e. The van der Waals surface area contributed by atoms with E-state index in [-0.39, 0.29) is 11.9 Å². The molecule has 0 radical (unpaired) electrons. The number of nitrogens with zero attached hydrogens (tertiary/aromatic N) is 2. The summed E-state index contributed by atoms with van der Waals surface area (Å²) in [6, 6.07) is -0.212. The average Bonchev–Trinajstić information content (AvgIpc) is 2.79. The van der Waals surface area contributed by atoms with Gasteiger partial charge >= 0.3 is 6.03 Å². The number of likely N-dealkylation sites (tertiary alicyclic amines) is 1. The Morgan fingerprint density at radius 1 is 0.958 bits per heavy atom. The number of hydrogen-bond donors (Lipinski definition) is 1. The Balaban J connectivity index is 1.74. The molecule has 2 heterocycles. The van der Waals surface area contributed by atoms with Gasteiger partial charge in [-0.3, -0.25) is 9.69 Å². The Kier molecular flexibility index (Phi) is 7.53. The minimum atomic E-state index is -0.698. The van der Waals surface area contributed by atoms with Crippen LogP contribution in [0.2, 0.25) is 0 Å². The molecule has 5 heteroatoms. The Hall–Kier alpha value is -1.10. The van der Waals surface area contributed by atoms with Crippen LogP contribution in [0.3, 0.4) is 0 Å². The number of amides is 3. The van der Waals surface area contributed by atoms with Crippen molar-refractivity contribution in [2.75, 3.05) is 19.8 Å². The highest BCUT2D eigenvalue weighted by atomic mass is 16.2. The zero-order chi connectivity index (χ0) is 17.4. The molecule has 2 rings (SSSR count). The van der Waals surface area contributed by atoms with Crippen molar-refractivity contribution in [2.45, 2.75) is 90.0 Å². The van der Waals surface area contributed by atoms with E-state index in [9.17, 15) is 9.59 Å². The summed E-state index contributed by atoms with van der Waals surface area (Å²) >= 11 is 0. The molecule has 2 saturated heterocycles. The van der Waals surface area contributed by atoms with E-state index in [2.05, 4.69) is 17.1 Å². The lowest BCUT2D eigenvalue weighted by Crippen LogP contribution is -2.46.